The molecule has 0 radical (unpaired) electrons. The van der Waals surface area contributed by atoms with E-state index in [4.69, 9.17) is 10.00 Å². The number of rotatable bonds is 1. The van der Waals surface area contributed by atoms with Gasteiger partial charge in [0.05, 0.1) is 12.7 Å². The number of nitriles is 1. The maximum Gasteiger partial charge on any atom is 0.0914 e. The third-order valence-corrected chi connectivity index (χ3v) is 3.24. The van der Waals surface area contributed by atoms with Gasteiger partial charge in [0.15, 0.2) is 0 Å². The van der Waals surface area contributed by atoms with E-state index in [9.17, 15) is 0 Å². The molecule has 2 rings (SSSR count). The molecule has 2 nitrogen and oxygen atoms in total. The Bertz CT molecular complexity index is 316. The monoisotopic (exact) mass is 203 g/mol. The maximum atomic E-state index is 8.63. The second-order valence-electron chi connectivity index (χ2n) is 4.34. The first kappa shape index (κ1) is 10.4. The van der Waals surface area contributed by atoms with E-state index in [1.807, 2.05) is 0 Å². The van der Waals surface area contributed by atoms with E-state index in [1.54, 1.807) is 6.08 Å². The van der Waals surface area contributed by atoms with Crippen LogP contribution in [0.15, 0.2) is 23.3 Å². The van der Waals surface area contributed by atoms with Crippen molar-refractivity contribution in [1.29, 1.82) is 5.26 Å². The number of ether oxygens (including phenoxy) is 1. The van der Waals surface area contributed by atoms with Crippen molar-refractivity contribution >= 4 is 0 Å². The number of hydrogen-bond acceptors (Lipinski definition) is 2. The van der Waals surface area contributed by atoms with Gasteiger partial charge in [0.25, 0.3) is 0 Å². The van der Waals surface area contributed by atoms with E-state index in [0.29, 0.717) is 5.92 Å². The average molecular weight is 203 g/mol. The zero-order chi connectivity index (χ0) is 10.5. The van der Waals surface area contributed by atoms with E-state index < -0.39 is 0 Å². The highest BCUT2D eigenvalue weighted by Gasteiger charge is 2.20. The summed E-state index contributed by atoms with van der Waals surface area (Å²) >= 11 is 0. The molecule has 1 atom stereocenters. The Labute approximate surface area is 91.2 Å². The Morgan fingerprint density at radius 2 is 2.33 bits per heavy atom. The lowest BCUT2D eigenvalue weighted by Crippen LogP contribution is -2.20. The van der Waals surface area contributed by atoms with Crippen LogP contribution in [0.4, 0.5) is 0 Å². The van der Waals surface area contributed by atoms with E-state index in [-0.39, 0.29) is 0 Å². The molecule has 0 aromatic carbocycles. The minimum Gasteiger partial charge on any atom is -0.381 e. The molecule has 0 aromatic rings. The zero-order valence-corrected chi connectivity index (χ0v) is 9.04. The van der Waals surface area contributed by atoms with Crippen LogP contribution < -0.4 is 0 Å². The Morgan fingerprint density at radius 3 is 3.07 bits per heavy atom. The van der Waals surface area contributed by atoms with Gasteiger partial charge in [-0.25, -0.2) is 0 Å². The van der Waals surface area contributed by atoms with E-state index >= 15 is 0 Å². The van der Waals surface area contributed by atoms with E-state index in [0.717, 1.165) is 19.6 Å². The Balaban J connectivity index is 2.07. The zero-order valence-electron chi connectivity index (χ0n) is 9.04. The van der Waals surface area contributed by atoms with Crippen molar-refractivity contribution < 1.29 is 4.74 Å². The minimum absolute atomic E-state index is 0.612. The fraction of sp³-hybridized carbons (Fsp3) is 0.615. The van der Waals surface area contributed by atoms with Crippen LogP contribution in [0.1, 0.15) is 32.1 Å². The molecule has 15 heavy (non-hydrogen) atoms. The molecular formula is C13H17NO. The predicted molar refractivity (Wildman–Crippen MR) is 59.2 cm³/mol. The molecule has 0 spiro atoms. The first-order chi connectivity index (χ1) is 7.40. The summed E-state index contributed by atoms with van der Waals surface area (Å²) in [5.74, 6) is 0.612. The predicted octanol–water partition coefficient (Wildman–Crippen LogP) is 2.97. The van der Waals surface area contributed by atoms with Crippen LogP contribution in [-0.2, 0) is 4.74 Å². The van der Waals surface area contributed by atoms with Crippen molar-refractivity contribution in [1.82, 2.24) is 0 Å². The molecule has 1 aliphatic carbocycles. The van der Waals surface area contributed by atoms with E-state index in [2.05, 4.69) is 12.1 Å². The molecule has 80 valence electrons. The normalized spacial score (nSPS) is 29.7. The van der Waals surface area contributed by atoms with Crippen LogP contribution in [0.5, 0.6) is 0 Å². The van der Waals surface area contributed by atoms with Crippen LogP contribution in [0.25, 0.3) is 0 Å². The summed E-state index contributed by atoms with van der Waals surface area (Å²) < 4.78 is 5.51. The van der Waals surface area contributed by atoms with Crippen molar-refractivity contribution in [2.75, 3.05) is 13.2 Å². The second kappa shape index (κ2) is 5.14. The molecule has 1 unspecified atom stereocenters. The highest BCUT2D eigenvalue weighted by Crippen LogP contribution is 2.31. The topological polar surface area (TPSA) is 33.0 Å². The first-order valence-corrected chi connectivity index (χ1v) is 5.77. The SMILES string of the molecule is N#C/C=C1/C=C(C2CCCOC2)CCC1. The third-order valence-electron chi connectivity index (χ3n) is 3.24. The number of nitrogens with zero attached hydrogens (tertiary/aromatic N) is 1. The second-order valence-corrected chi connectivity index (χ2v) is 4.34. The summed E-state index contributed by atoms with van der Waals surface area (Å²) in [5, 5.41) is 8.63. The van der Waals surface area contributed by atoms with Gasteiger partial charge in [0, 0.05) is 18.6 Å². The lowest BCUT2D eigenvalue weighted by Gasteiger charge is -2.27. The molecule has 0 saturated carbocycles. The third kappa shape index (κ3) is 2.70. The molecule has 1 saturated heterocycles. The van der Waals surface area contributed by atoms with Crippen LogP contribution in [0.3, 0.4) is 0 Å². The highest BCUT2D eigenvalue weighted by atomic mass is 16.5. The number of hydrogen-bond donors (Lipinski definition) is 0. The lowest BCUT2D eigenvalue weighted by molar-refractivity contribution is 0.0659. The van der Waals surface area contributed by atoms with Crippen molar-refractivity contribution in [3.8, 4) is 6.07 Å². The summed E-state index contributed by atoms with van der Waals surface area (Å²) in [5.41, 5.74) is 2.70. The van der Waals surface area contributed by atoms with Crippen molar-refractivity contribution in [2.24, 2.45) is 5.92 Å². The van der Waals surface area contributed by atoms with Gasteiger partial charge >= 0.3 is 0 Å². The van der Waals surface area contributed by atoms with E-state index in [1.165, 1.54) is 36.8 Å². The molecule has 1 heterocycles. The van der Waals surface area contributed by atoms with Gasteiger partial charge in [-0.3, -0.25) is 0 Å². The van der Waals surface area contributed by atoms with Crippen molar-refractivity contribution in [3.05, 3.63) is 23.3 Å². The maximum absolute atomic E-state index is 8.63. The average Bonchev–Trinajstić information content (AvgIpc) is 2.31. The summed E-state index contributed by atoms with van der Waals surface area (Å²) in [6, 6.07) is 2.12. The summed E-state index contributed by atoms with van der Waals surface area (Å²) in [4.78, 5) is 0. The molecule has 0 bridgehead atoms. The fourth-order valence-electron chi connectivity index (χ4n) is 2.43. The van der Waals surface area contributed by atoms with Crippen LogP contribution in [0.2, 0.25) is 0 Å². The lowest BCUT2D eigenvalue weighted by atomic mass is 9.84. The standard InChI is InChI=1S/C13H17NO/c14-7-6-11-3-1-4-12(9-11)13-5-2-8-15-10-13/h6,9,13H,1-5,8,10H2/b11-6+. The van der Waals surface area contributed by atoms with Crippen LogP contribution in [0, 0.1) is 17.2 Å². The van der Waals surface area contributed by atoms with Gasteiger partial charge in [0.1, 0.15) is 0 Å². The molecule has 2 heteroatoms. The van der Waals surface area contributed by atoms with Crippen LogP contribution in [-0.4, -0.2) is 13.2 Å². The summed E-state index contributed by atoms with van der Waals surface area (Å²) in [7, 11) is 0. The molecule has 1 fully saturated rings. The largest absolute Gasteiger partial charge is 0.381 e. The Hall–Kier alpha value is -1.07. The van der Waals surface area contributed by atoms with Gasteiger partial charge in [-0.15, -0.1) is 0 Å². The Kier molecular flexibility index (Phi) is 3.58. The highest BCUT2D eigenvalue weighted by molar-refractivity contribution is 5.32. The molecule has 1 aliphatic heterocycles. The first-order valence-electron chi connectivity index (χ1n) is 5.77. The molecular weight excluding hydrogens is 186 g/mol. The summed E-state index contributed by atoms with van der Waals surface area (Å²) in [6.45, 7) is 1.80. The molecule has 0 N–H and O–H groups in total. The molecule has 0 aromatic heterocycles. The van der Waals surface area contributed by atoms with Gasteiger partial charge in [0.2, 0.25) is 0 Å². The minimum atomic E-state index is 0.612. The molecule has 2 aliphatic rings. The van der Waals surface area contributed by atoms with Crippen molar-refractivity contribution in [3.63, 3.8) is 0 Å². The molecule has 0 amide bonds. The summed E-state index contributed by atoms with van der Waals surface area (Å²) in [6.07, 6.45) is 9.79. The number of allylic oxidation sites excluding steroid dienone is 3. The van der Waals surface area contributed by atoms with Gasteiger partial charge in [-0.1, -0.05) is 11.6 Å². The quantitative estimate of drug-likeness (QED) is 0.614. The Morgan fingerprint density at radius 1 is 1.40 bits per heavy atom. The van der Waals surface area contributed by atoms with Gasteiger partial charge < -0.3 is 4.74 Å². The van der Waals surface area contributed by atoms with Gasteiger partial charge in [-0.05, 0) is 37.7 Å². The smallest absolute Gasteiger partial charge is 0.0914 e. The van der Waals surface area contributed by atoms with Crippen LogP contribution >= 0.6 is 0 Å². The fourth-order valence-corrected chi connectivity index (χ4v) is 2.43. The van der Waals surface area contributed by atoms with Gasteiger partial charge in [-0.2, -0.15) is 5.26 Å². The van der Waals surface area contributed by atoms with Crippen molar-refractivity contribution in [2.45, 2.75) is 32.1 Å².